The van der Waals surface area contributed by atoms with Crippen molar-refractivity contribution in [2.45, 2.75) is 13.3 Å². The van der Waals surface area contributed by atoms with Gasteiger partial charge in [0.05, 0.1) is 5.69 Å². The molecule has 0 bridgehead atoms. The summed E-state index contributed by atoms with van der Waals surface area (Å²) < 4.78 is 7.78. The molecule has 4 aromatic rings. The maximum atomic E-state index is 5.92. The van der Waals surface area contributed by atoms with E-state index in [1.165, 1.54) is 5.56 Å². The van der Waals surface area contributed by atoms with Gasteiger partial charge in [-0.25, -0.2) is 4.98 Å². The topological polar surface area (TPSA) is 56.7 Å². The Hall–Kier alpha value is -2.95. The summed E-state index contributed by atoms with van der Waals surface area (Å²) in [6.07, 6.45) is 4.04. The highest BCUT2D eigenvalue weighted by Gasteiger charge is 2.11. The summed E-state index contributed by atoms with van der Waals surface area (Å²) in [5.74, 6) is 0.727. The van der Waals surface area contributed by atoms with Crippen molar-refractivity contribution >= 4 is 11.1 Å². The molecule has 0 aliphatic heterocycles. The molecule has 0 atom stereocenters. The SMILES string of the molecule is Cc1cc(-n2cnnc2)cc2nc(Cc3ccccc3)oc12. The summed E-state index contributed by atoms with van der Waals surface area (Å²) in [4.78, 5) is 4.62. The molecule has 0 saturated carbocycles. The van der Waals surface area contributed by atoms with Gasteiger partial charge in [0, 0.05) is 6.42 Å². The standard InChI is InChI=1S/C17H14N4O/c1-12-7-14(21-10-18-19-11-21)9-15-17(12)22-16(20-15)8-13-5-3-2-4-6-13/h2-7,9-11H,8H2,1H3. The van der Waals surface area contributed by atoms with Crippen LogP contribution in [-0.4, -0.2) is 19.7 Å². The summed E-state index contributed by atoms with van der Waals surface area (Å²) >= 11 is 0. The number of nitrogens with zero attached hydrogens (tertiary/aromatic N) is 4. The van der Waals surface area contributed by atoms with Crippen LogP contribution in [0.15, 0.2) is 59.5 Å². The molecule has 2 aromatic carbocycles. The van der Waals surface area contributed by atoms with E-state index in [1.54, 1.807) is 12.7 Å². The first kappa shape index (κ1) is 12.8. The smallest absolute Gasteiger partial charge is 0.199 e. The fourth-order valence-corrected chi connectivity index (χ4v) is 2.56. The molecule has 108 valence electrons. The second-order valence-electron chi connectivity index (χ2n) is 5.25. The molecule has 0 spiro atoms. The van der Waals surface area contributed by atoms with E-state index in [4.69, 9.17) is 4.42 Å². The highest BCUT2D eigenvalue weighted by molar-refractivity contribution is 5.79. The van der Waals surface area contributed by atoms with Gasteiger partial charge in [-0.15, -0.1) is 10.2 Å². The lowest BCUT2D eigenvalue weighted by molar-refractivity contribution is 0.542. The number of rotatable bonds is 3. The largest absolute Gasteiger partial charge is 0.440 e. The number of hydrogen-bond acceptors (Lipinski definition) is 4. The van der Waals surface area contributed by atoms with Gasteiger partial charge < -0.3 is 4.42 Å². The minimum absolute atomic E-state index is 0.691. The van der Waals surface area contributed by atoms with Gasteiger partial charge >= 0.3 is 0 Å². The van der Waals surface area contributed by atoms with Crippen LogP contribution < -0.4 is 0 Å². The number of hydrogen-bond donors (Lipinski definition) is 0. The highest BCUT2D eigenvalue weighted by Crippen LogP contribution is 2.24. The van der Waals surface area contributed by atoms with Crippen LogP contribution in [0.4, 0.5) is 0 Å². The summed E-state index contributed by atoms with van der Waals surface area (Å²) in [5.41, 5.74) is 4.91. The summed E-state index contributed by atoms with van der Waals surface area (Å²) in [7, 11) is 0. The van der Waals surface area contributed by atoms with E-state index in [-0.39, 0.29) is 0 Å². The average molecular weight is 290 g/mol. The predicted octanol–water partition coefficient (Wildman–Crippen LogP) is 3.31. The minimum Gasteiger partial charge on any atom is -0.440 e. The number of fused-ring (bicyclic) bond motifs is 1. The first-order chi connectivity index (χ1) is 10.8. The molecule has 2 aromatic heterocycles. The third-order valence-corrected chi connectivity index (χ3v) is 3.62. The van der Waals surface area contributed by atoms with E-state index in [2.05, 4.69) is 27.3 Å². The normalized spacial score (nSPS) is 11.1. The van der Waals surface area contributed by atoms with E-state index < -0.39 is 0 Å². The first-order valence-corrected chi connectivity index (χ1v) is 7.08. The lowest BCUT2D eigenvalue weighted by atomic mass is 10.1. The lowest BCUT2D eigenvalue weighted by Crippen LogP contribution is -1.91. The zero-order valence-electron chi connectivity index (χ0n) is 12.1. The van der Waals surface area contributed by atoms with Crippen molar-refractivity contribution in [2.75, 3.05) is 0 Å². The van der Waals surface area contributed by atoms with Gasteiger partial charge in [-0.2, -0.15) is 0 Å². The Balaban J connectivity index is 1.76. The molecule has 0 unspecified atom stereocenters. The van der Waals surface area contributed by atoms with Gasteiger partial charge in [0.15, 0.2) is 11.5 Å². The van der Waals surface area contributed by atoms with Crippen LogP contribution in [-0.2, 0) is 6.42 Å². The molecule has 0 aliphatic carbocycles. The molecule has 0 N–H and O–H groups in total. The molecular weight excluding hydrogens is 276 g/mol. The third kappa shape index (κ3) is 2.26. The monoisotopic (exact) mass is 290 g/mol. The number of aryl methyl sites for hydroxylation is 1. The Morgan fingerprint density at radius 3 is 2.59 bits per heavy atom. The quantitative estimate of drug-likeness (QED) is 0.581. The summed E-state index contributed by atoms with van der Waals surface area (Å²) in [6, 6.07) is 14.2. The Kier molecular flexibility index (Phi) is 2.96. The fourth-order valence-electron chi connectivity index (χ4n) is 2.56. The Bertz CT molecular complexity index is 911. The van der Waals surface area contributed by atoms with E-state index >= 15 is 0 Å². The van der Waals surface area contributed by atoms with Crippen LogP contribution in [0.5, 0.6) is 0 Å². The van der Waals surface area contributed by atoms with Crippen LogP contribution in [0.2, 0.25) is 0 Å². The Morgan fingerprint density at radius 1 is 1.05 bits per heavy atom. The van der Waals surface area contributed by atoms with Crippen molar-refractivity contribution in [3.05, 3.63) is 72.1 Å². The molecule has 5 nitrogen and oxygen atoms in total. The zero-order valence-corrected chi connectivity index (χ0v) is 12.1. The van der Waals surface area contributed by atoms with Gasteiger partial charge in [-0.1, -0.05) is 30.3 Å². The molecular formula is C17H14N4O. The van der Waals surface area contributed by atoms with E-state index in [0.717, 1.165) is 28.2 Å². The number of oxazole rings is 1. The second-order valence-corrected chi connectivity index (χ2v) is 5.25. The minimum atomic E-state index is 0.691. The summed E-state index contributed by atoms with van der Waals surface area (Å²) in [6.45, 7) is 2.02. The van der Waals surface area contributed by atoms with Crippen molar-refractivity contribution in [1.29, 1.82) is 0 Å². The Labute approximate surface area is 127 Å². The van der Waals surface area contributed by atoms with Gasteiger partial charge in [-0.05, 0) is 30.2 Å². The van der Waals surface area contributed by atoms with Crippen LogP contribution in [0.25, 0.3) is 16.8 Å². The van der Waals surface area contributed by atoms with Gasteiger partial charge in [0.25, 0.3) is 0 Å². The predicted molar refractivity (Wildman–Crippen MR) is 82.9 cm³/mol. The molecule has 0 amide bonds. The Morgan fingerprint density at radius 2 is 1.82 bits per heavy atom. The van der Waals surface area contributed by atoms with E-state index in [1.807, 2.05) is 41.8 Å². The molecule has 4 rings (SSSR count). The average Bonchev–Trinajstić information content (AvgIpc) is 3.17. The molecule has 2 heterocycles. The molecule has 0 saturated heterocycles. The third-order valence-electron chi connectivity index (χ3n) is 3.62. The fraction of sp³-hybridized carbons (Fsp3) is 0.118. The summed E-state index contributed by atoms with van der Waals surface area (Å²) in [5, 5.41) is 7.68. The molecule has 22 heavy (non-hydrogen) atoms. The van der Waals surface area contributed by atoms with Gasteiger partial charge in [-0.3, -0.25) is 4.57 Å². The zero-order chi connectivity index (χ0) is 14.9. The number of aromatic nitrogens is 4. The highest BCUT2D eigenvalue weighted by atomic mass is 16.3. The van der Waals surface area contributed by atoms with E-state index in [0.29, 0.717) is 6.42 Å². The molecule has 0 aliphatic rings. The molecule has 5 heteroatoms. The van der Waals surface area contributed by atoms with E-state index in [9.17, 15) is 0 Å². The van der Waals surface area contributed by atoms with Gasteiger partial charge in [0.1, 0.15) is 18.2 Å². The first-order valence-electron chi connectivity index (χ1n) is 7.08. The van der Waals surface area contributed by atoms with Crippen molar-refractivity contribution < 1.29 is 4.42 Å². The van der Waals surface area contributed by atoms with Crippen molar-refractivity contribution in [3.63, 3.8) is 0 Å². The van der Waals surface area contributed by atoms with Crippen molar-refractivity contribution in [3.8, 4) is 5.69 Å². The van der Waals surface area contributed by atoms with Crippen LogP contribution in [0.1, 0.15) is 17.0 Å². The van der Waals surface area contributed by atoms with Crippen LogP contribution in [0, 0.1) is 6.92 Å². The second kappa shape index (κ2) is 5.11. The van der Waals surface area contributed by atoms with Gasteiger partial charge in [0.2, 0.25) is 0 Å². The maximum Gasteiger partial charge on any atom is 0.199 e. The lowest BCUT2D eigenvalue weighted by Gasteiger charge is -2.02. The van der Waals surface area contributed by atoms with Crippen LogP contribution in [0.3, 0.4) is 0 Å². The van der Waals surface area contributed by atoms with Crippen molar-refractivity contribution in [2.24, 2.45) is 0 Å². The molecule has 0 fully saturated rings. The maximum absolute atomic E-state index is 5.92. The molecule has 0 radical (unpaired) electrons. The van der Waals surface area contributed by atoms with Crippen LogP contribution >= 0.6 is 0 Å². The number of benzene rings is 2. The van der Waals surface area contributed by atoms with Crippen molar-refractivity contribution in [1.82, 2.24) is 19.7 Å².